The molecular formula is C19H22ClNO5. The van der Waals surface area contributed by atoms with E-state index in [4.69, 9.17) is 16.3 Å². The predicted octanol–water partition coefficient (Wildman–Crippen LogP) is 2.54. The summed E-state index contributed by atoms with van der Waals surface area (Å²) in [6, 6.07) is 14.0. The largest absolute Gasteiger partial charge is 0.445 e. The highest BCUT2D eigenvalue weighted by Crippen LogP contribution is 2.24. The summed E-state index contributed by atoms with van der Waals surface area (Å²) >= 11 is 5.91. The fourth-order valence-corrected chi connectivity index (χ4v) is 2.55. The first-order valence-electron chi connectivity index (χ1n) is 8.21. The number of nitrogens with one attached hydrogen (secondary N) is 1. The molecule has 0 saturated carbocycles. The zero-order valence-corrected chi connectivity index (χ0v) is 14.9. The van der Waals surface area contributed by atoms with E-state index >= 15 is 0 Å². The first-order valence-corrected chi connectivity index (χ1v) is 8.59. The van der Waals surface area contributed by atoms with Crippen LogP contribution in [-0.2, 0) is 18.0 Å². The molecule has 2 rings (SSSR count). The SMILES string of the molecule is O=C(NCCC(O)C(O)c1ccc(Cl)c(CO)c1)OCc1ccccc1. The van der Waals surface area contributed by atoms with E-state index in [1.807, 2.05) is 30.3 Å². The van der Waals surface area contributed by atoms with E-state index < -0.39 is 18.3 Å². The lowest BCUT2D eigenvalue weighted by Crippen LogP contribution is -2.29. The molecule has 0 heterocycles. The molecule has 0 bridgehead atoms. The second-order valence-corrected chi connectivity index (χ2v) is 6.21. The number of benzene rings is 2. The minimum absolute atomic E-state index is 0.138. The maximum absolute atomic E-state index is 11.6. The van der Waals surface area contributed by atoms with Gasteiger partial charge in [0.1, 0.15) is 12.7 Å². The van der Waals surface area contributed by atoms with E-state index in [-0.39, 0.29) is 26.2 Å². The molecule has 0 spiro atoms. The molecule has 0 saturated heterocycles. The smallest absolute Gasteiger partial charge is 0.407 e. The van der Waals surface area contributed by atoms with E-state index in [0.717, 1.165) is 5.56 Å². The molecule has 4 N–H and O–H groups in total. The third-order valence-corrected chi connectivity index (χ3v) is 4.24. The third-order valence-electron chi connectivity index (χ3n) is 3.87. The number of ether oxygens (including phenoxy) is 1. The Balaban J connectivity index is 1.75. The molecule has 0 aliphatic rings. The maximum Gasteiger partial charge on any atom is 0.407 e. The molecular weight excluding hydrogens is 358 g/mol. The number of carbonyl (C=O) groups excluding carboxylic acids is 1. The minimum atomic E-state index is -1.15. The highest BCUT2D eigenvalue weighted by molar-refractivity contribution is 6.31. The van der Waals surface area contributed by atoms with Crippen LogP contribution in [0.2, 0.25) is 5.02 Å². The summed E-state index contributed by atoms with van der Waals surface area (Å²) in [5, 5.41) is 32.4. The van der Waals surface area contributed by atoms with Gasteiger partial charge in [-0.3, -0.25) is 0 Å². The van der Waals surface area contributed by atoms with Gasteiger partial charge in [0, 0.05) is 11.6 Å². The third kappa shape index (κ3) is 6.00. The molecule has 2 unspecified atom stereocenters. The quantitative estimate of drug-likeness (QED) is 0.565. The number of aliphatic hydroxyl groups excluding tert-OH is 3. The number of halogens is 1. The molecule has 0 fully saturated rings. The lowest BCUT2D eigenvalue weighted by atomic mass is 10.0. The Bertz CT molecular complexity index is 710. The van der Waals surface area contributed by atoms with Gasteiger partial charge in [0.25, 0.3) is 0 Å². The van der Waals surface area contributed by atoms with Crippen molar-refractivity contribution in [2.24, 2.45) is 0 Å². The van der Waals surface area contributed by atoms with E-state index in [9.17, 15) is 20.1 Å². The molecule has 6 nitrogen and oxygen atoms in total. The zero-order valence-electron chi connectivity index (χ0n) is 14.1. The van der Waals surface area contributed by atoms with Crippen molar-refractivity contribution in [3.63, 3.8) is 0 Å². The summed E-state index contributed by atoms with van der Waals surface area (Å²) in [6.07, 6.45) is -2.69. The number of rotatable bonds is 8. The average Bonchev–Trinajstić information content (AvgIpc) is 2.67. The Hall–Kier alpha value is -2.12. The van der Waals surface area contributed by atoms with E-state index in [0.29, 0.717) is 16.1 Å². The van der Waals surface area contributed by atoms with Crippen molar-refractivity contribution in [1.82, 2.24) is 5.32 Å². The van der Waals surface area contributed by atoms with Crippen LogP contribution in [0.3, 0.4) is 0 Å². The Morgan fingerprint density at radius 2 is 1.88 bits per heavy atom. The fourth-order valence-electron chi connectivity index (χ4n) is 2.38. The summed E-state index contributed by atoms with van der Waals surface area (Å²) in [5.74, 6) is 0. The molecule has 140 valence electrons. The standard InChI is InChI=1S/C19H22ClNO5/c20-16-7-6-14(10-15(16)11-22)18(24)17(23)8-9-21-19(25)26-12-13-4-2-1-3-5-13/h1-7,10,17-18,22-24H,8-9,11-12H2,(H,21,25). The van der Waals surface area contributed by atoms with Crippen LogP contribution in [0.15, 0.2) is 48.5 Å². The van der Waals surface area contributed by atoms with Crippen molar-refractivity contribution in [1.29, 1.82) is 0 Å². The van der Waals surface area contributed by atoms with Crippen LogP contribution in [0.1, 0.15) is 29.2 Å². The summed E-state index contributed by atoms with van der Waals surface area (Å²) in [6.45, 7) is 0.0448. The maximum atomic E-state index is 11.6. The van der Waals surface area contributed by atoms with Crippen molar-refractivity contribution in [3.8, 4) is 0 Å². The van der Waals surface area contributed by atoms with Crippen LogP contribution in [0.5, 0.6) is 0 Å². The van der Waals surface area contributed by atoms with Gasteiger partial charge in [-0.2, -0.15) is 0 Å². The predicted molar refractivity (Wildman–Crippen MR) is 97.6 cm³/mol. The van der Waals surface area contributed by atoms with Crippen molar-refractivity contribution in [2.75, 3.05) is 6.54 Å². The van der Waals surface area contributed by atoms with Gasteiger partial charge >= 0.3 is 6.09 Å². The van der Waals surface area contributed by atoms with Crippen molar-refractivity contribution < 1.29 is 24.9 Å². The molecule has 0 aliphatic carbocycles. The lowest BCUT2D eigenvalue weighted by molar-refractivity contribution is 0.0135. The van der Waals surface area contributed by atoms with E-state index in [2.05, 4.69) is 5.32 Å². The van der Waals surface area contributed by atoms with Gasteiger partial charge in [-0.25, -0.2) is 4.79 Å². The highest BCUT2D eigenvalue weighted by atomic mass is 35.5. The Morgan fingerprint density at radius 3 is 2.58 bits per heavy atom. The first kappa shape index (κ1) is 20.2. The molecule has 2 aromatic carbocycles. The van der Waals surface area contributed by atoms with Crippen molar-refractivity contribution in [3.05, 3.63) is 70.2 Å². The minimum Gasteiger partial charge on any atom is -0.445 e. The molecule has 0 aromatic heterocycles. The van der Waals surface area contributed by atoms with Crippen LogP contribution in [-0.4, -0.2) is 34.1 Å². The molecule has 7 heteroatoms. The van der Waals surface area contributed by atoms with Crippen LogP contribution in [0.4, 0.5) is 4.79 Å². The molecule has 0 aliphatic heterocycles. The topological polar surface area (TPSA) is 99.0 Å². The van der Waals surface area contributed by atoms with Gasteiger partial charge in [-0.05, 0) is 35.2 Å². The zero-order chi connectivity index (χ0) is 18.9. The van der Waals surface area contributed by atoms with Crippen LogP contribution in [0, 0.1) is 0 Å². The van der Waals surface area contributed by atoms with E-state index in [1.54, 1.807) is 12.1 Å². The number of carbonyl (C=O) groups is 1. The highest BCUT2D eigenvalue weighted by Gasteiger charge is 2.19. The molecule has 2 atom stereocenters. The first-order chi connectivity index (χ1) is 12.5. The lowest BCUT2D eigenvalue weighted by Gasteiger charge is -2.19. The number of hydrogen-bond acceptors (Lipinski definition) is 5. The normalized spacial score (nSPS) is 13.1. The molecule has 26 heavy (non-hydrogen) atoms. The van der Waals surface area contributed by atoms with Gasteiger partial charge in [0.15, 0.2) is 0 Å². The van der Waals surface area contributed by atoms with Crippen LogP contribution >= 0.6 is 11.6 Å². The monoisotopic (exact) mass is 379 g/mol. The second-order valence-electron chi connectivity index (χ2n) is 5.80. The molecule has 1 amide bonds. The van der Waals surface area contributed by atoms with Crippen LogP contribution in [0.25, 0.3) is 0 Å². The van der Waals surface area contributed by atoms with Crippen LogP contribution < -0.4 is 5.32 Å². The summed E-state index contributed by atoms with van der Waals surface area (Å²) in [4.78, 5) is 11.6. The second kappa shape index (κ2) is 10.1. The van der Waals surface area contributed by atoms with Gasteiger partial charge in [0.05, 0.1) is 12.7 Å². The Morgan fingerprint density at radius 1 is 1.15 bits per heavy atom. The fraction of sp³-hybridized carbons (Fsp3) is 0.316. The van der Waals surface area contributed by atoms with Gasteiger partial charge in [-0.1, -0.05) is 48.0 Å². The van der Waals surface area contributed by atoms with Crippen molar-refractivity contribution in [2.45, 2.75) is 31.8 Å². The number of aliphatic hydroxyl groups is 3. The molecule has 0 radical (unpaired) electrons. The van der Waals surface area contributed by atoms with Gasteiger partial charge < -0.3 is 25.4 Å². The summed E-state index contributed by atoms with van der Waals surface area (Å²) in [7, 11) is 0. The molecule has 2 aromatic rings. The number of amides is 1. The average molecular weight is 380 g/mol. The number of hydrogen-bond donors (Lipinski definition) is 4. The number of alkyl carbamates (subject to hydrolysis) is 1. The Kier molecular flexibility index (Phi) is 7.87. The Labute approximate surface area is 157 Å². The van der Waals surface area contributed by atoms with Gasteiger partial charge in [-0.15, -0.1) is 0 Å². The van der Waals surface area contributed by atoms with E-state index in [1.165, 1.54) is 6.07 Å². The van der Waals surface area contributed by atoms with Crippen molar-refractivity contribution >= 4 is 17.7 Å². The summed E-state index contributed by atoms with van der Waals surface area (Å²) in [5.41, 5.74) is 1.79. The summed E-state index contributed by atoms with van der Waals surface area (Å²) < 4.78 is 5.06. The van der Waals surface area contributed by atoms with Gasteiger partial charge in [0.2, 0.25) is 0 Å².